The van der Waals surface area contributed by atoms with Crippen molar-refractivity contribution in [2.24, 2.45) is 4.99 Å². The lowest BCUT2D eigenvalue weighted by molar-refractivity contribution is 0.397. The van der Waals surface area contributed by atoms with Gasteiger partial charge in [0.2, 0.25) is 5.88 Å². The zero-order valence-electron chi connectivity index (χ0n) is 17.3. The first-order chi connectivity index (χ1) is 14.5. The summed E-state index contributed by atoms with van der Waals surface area (Å²) in [6.07, 6.45) is 8.27. The fraction of sp³-hybridized carbons (Fsp3) is 0.435. The number of aromatic nitrogens is 2. The van der Waals surface area contributed by atoms with Gasteiger partial charge in [0.15, 0.2) is 0 Å². The number of aromatic amines is 1. The van der Waals surface area contributed by atoms with Crippen molar-refractivity contribution in [2.75, 3.05) is 6.54 Å². The number of H-pyrrole nitrogens is 1. The molecule has 3 rings (SSSR count). The Morgan fingerprint density at radius 1 is 1.20 bits per heavy atom. The zero-order chi connectivity index (χ0) is 21.5. The highest BCUT2D eigenvalue weighted by atomic mass is 19.1. The Morgan fingerprint density at radius 2 is 1.97 bits per heavy atom. The summed E-state index contributed by atoms with van der Waals surface area (Å²) in [4.78, 5) is 31.5. The molecule has 0 aliphatic heterocycles. The molecule has 1 aliphatic rings. The van der Waals surface area contributed by atoms with Gasteiger partial charge in [-0.1, -0.05) is 30.7 Å². The molecule has 2 aromatic rings. The van der Waals surface area contributed by atoms with Crippen molar-refractivity contribution >= 4 is 5.71 Å². The average Bonchev–Trinajstić information content (AvgIpc) is 2.74. The number of aromatic hydroxyl groups is 1. The van der Waals surface area contributed by atoms with Gasteiger partial charge in [-0.3, -0.25) is 19.3 Å². The van der Waals surface area contributed by atoms with Crippen LogP contribution in [0.25, 0.3) is 0 Å². The van der Waals surface area contributed by atoms with Crippen LogP contribution in [0.3, 0.4) is 0 Å². The Kier molecular flexibility index (Phi) is 7.38. The van der Waals surface area contributed by atoms with Crippen LogP contribution in [0.2, 0.25) is 0 Å². The van der Waals surface area contributed by atoms with Crippen molar-refractivity contribution in [3.63, 3.8) is 0 Å². The number of nitrogens with one attached hydrogen (secondary N) is 1. The summed E-state index contributed by atoms with van der Waals surface area (Å²) in [5.74, 6) is -0.623. The van der Waals surface area contributed by atoms with Crippen LogP contribution in [0.15, 0.2) is 50.5 Å². The minimum atomic E-state index is -0.631. The number of benzene rings is 1. The van der Waals surface area contributed by atoms with Gasteiger partial charge >= 0.3 is 5.69 Å². The molecule has 0 spiro atoms. The minimum absolute atomic E-state index is 0.0498. The van der Waals surface area contributed by atoms with Crippen molar-refractivity contribution in [3.8, 4) is 5.88 Å². The van der Waals surface area contributed by atoms with Gasteiger partial charge in [-0.15, -0.1) is 0 Å². The molecule has 1 aliphatic carbocycles. The van der Waals surface area contributed by atoms with E-state index in [0.29, 0.717) is 38.1 Å². The molecule has 0 unspecified atom stereocenters. The molecule has 0 radical (unpaired) electrons. The third-order valence-corrected chi connectivity index (χ3v) is 5.45. The van der Waals surface area contributed by atoms with Crippen LogP contribution < -0.4 is 11.2 Å². The predicted octanol–water partition coefficient (Wildman–Crippen LogP) is 3.71. The third-order valence-electron chi connectivity index (χ3n) is 5.45. The molecule has 0 amide bonds. The monoisotopic (exact) mass is 413 g/mol. The van der Waals surface area contributed by atoms with Gasteiger partial charge in [-0.05, 0) is 62.6 Å². The maximum atomic E-state index is 13.0. The fourth-order valence-electron chi connectivity index (χ4n) is 3.75. The van der Waals surface area contributed by atoms with Crippen LogP contribution in [0.1, 0.15) is 56.6 Å². The number of nitrogens with zero attached hydrogens (tertiary/aromatic N) is 2. The van der Waals surface area contributed by atoms with E-state index in [0.717, 1.165) is 24.8 Å². The van der Waals surface area contributed by atoms with E-state index in [9.17, 15) is 19.1 Å². The highest BCUT2D eigenvalue weighted by molar-refractivity contribution is 6.01. The van der Waals surface area contributed by atoms with E-state index in [-0.39, 0.29) is 17.3 Å². The Balaban J connectivity index is 1.81. The molecule has 2 N–H and O–H groups in total. The molecule has 160 valence electrons. The van der Waals surface area contributed by atoms with E-state index >= 15 is 0 Å². The van der Waals surface area contributed by atoms with E-state index in [2.05, 4.69) is 16.1 Å². The SMILES string of the molecule is CCC(=NCCc1ccc(F)cc1)c1c(O)n(CCC2=CCCCC2)c(=O)[nH]c1=O. The van der Waals surface area contributed by atoms with E-state index in [1.807, 2.05) is 6.92 Å². The van der Waals surface area contributed by atoms with Gasteiger partial charge in [0, 0.05) is 13.1 Å². The second kappa shape index (κ2) is 10.2. The summed E-state index contributed by atoms with van der Waals surface area (Å²) in [6.45, 7) is 2.55. The molecule has 0 fully saturated rings. The molecule has 0 atom stereocenters. The number of hydrogen-bond acceptors (Lipinski definition) is 4. The summed E-state index contributed by atoms with van der Waals surface area (Å²) in [5.41, 5.74) is 1.46. The standard InChI is InChI=1S/C23H28FN3O3/c1-2-19(25-14-12-17-8-10-18(24)11-9-17)20-21(28)26-23(30)27(22(20)29)15-13-16-6-4-3-5-7-16/h6,8-11,29H,2-5,7,12-15H2,1H3,(H,26,28,30). The second-order valence-electron chi connectivity index (χ2n) is 7.53. The van der Waals surface area contributed by atoms with E-state index < -0.39 is 11.2 Å². The van der Waals surface area contributed by atoms with Gasteiger partial charge in [-0.25, -0.2) is 9.18 Å². The van der Waals surface area contributed by atoms with Crippen LogP contribution in [0, 0.1) is 5.82 Å². The van der Waals surface area contributed by atoms with Crippen molar-refractivity contribution in [1.82, 2.24) is 9.55 Å². The first-order valence-electron chi connectivity index (χ1n) is 10.5. The largest absolute Gasteiger partial charge is 0.494 e. The van der Waals surface area contributed by atoms with Crippen molar-refractivity contribution < 1.29 is 9.50 Å². The normalized spacial score (nSPS) is 14.6. The maximum absolute atomic E-state index is 13.0. The lowest BCUT2D eigenvalue weighted by Crippen LogP contribution is -2.34. The molecule has 7 heteroatoms. The van der Waals surface area contributed by atoms with Gasteiger partial charge in [0.1, 0.15) is 11.4 Å². The van der Waals surface area contributed by atoms with Crippen molar-refractivity contribution in [1.29, 1.82) is 0 Å². The summed E-state index contributed by atoms with van der Waals surface area (Å²) < 4.78 is 14.2. The van der Waals surface area contributed by atoms with Crippen LogP contribution in [-0.4, -0.2) is 26.9 Å². The molecule has 1 heterocycles. The van der Waals surface area contributed by atoms with Crippen molar-refractivity contribution in [2.45, 2.75) is 58.4 Å². The first kappa shape index (κ1) is 21.7. The number of allylic oxidation sites excluding steroid dienone is 2. The molecule has 6 nitrogen and oxygen atoms in total. The summed E-state index contributed by atoms with van der Waals surface area (Å²) in [6, 6.07) is 6.18. The van der Waals surface area contributed by atoms with Crippen LogP contribution in [0.5, 0.6) is 5.88 Å². The summed E-state index contributed by atoms with van der Waals surface area (Å²) >= 11 is 0. The predicted molar refractivity (Wildman–Crippen MR) is 116 cm³/mol. The van der Waals surface area contributed by atoms with Crippen molar-refractivity contribution in [3.05, 3.63) is 73.7 Å². The highest BCUT2D eigenvalue weighted by Gasteiger charge is 2.18. The Morgan fingerprint density at radius 3 is 2.63 bits per heavy atom. The molecular formula is C23H28FN3O3. The molecule has 0 saturated heterocycles. The highest BCUT2D eigenvalue weighted by Crippen LogP contribution is 2.22. The molecular weight excluding hydrogens is 385 g/mol. The summed E-state index contributed by atoms with van der Waals surface area (Å²) in [5, 5.41) is 10.7. The number of rotatable bonds is 8. The maximum Gasteiger partial charge on any atom is 0.331 e. The molecule has 0 bridgehead atoms. The Bertz CT molecular complexity index is 1050. The van der Waals surface area contributed by atoms with Gasteiger partial charge < -0.3 is 5.11 Å². The smallest absolute Gasteiger partial charge is 0.331 e. The zero-order valence-corrected chi connectivity index (χ0v) is 17.3. The van der Waals surface area contributed by atoms with Gasteiger partial charge in [0.25, 0.3) is 5.56 Å². The Hall–Kier alpha value is -2.96. The fourth-order valence-corrected chi connectivity index (χ4v) is 3.75. The molecule has 30 heavy (non-hydrogen) atoms. The number of halogens is 1. The lowest BCUT2D eigenvalue weighted by atomic mass is 9.97. The Labute approximate surface area is 174 Å². The van der Waals surface area contributed by atoms with Crippen LogP contribution in [0.4, 0.5) is 4.39 Å². The van der Waals surface area contributed by atoms with E-state index in [1.54, 1.807) is 12.1 Å². The van der Waals surface area contributed by atoms with E-state index in [4.69, 9.17) is 0 Å². The van der Waals surface area contributed by atoms with Gasteiger partial charge in [-0.2, -0.15) is 0 Å². The quantitative estimate of drug-likeness (QED) is 0.511. The lowest BCUT2D eigenvalue weighted by Gasteiger charge is -2.15. The third kappa shape index (κ3) is 5.34. The minimum Gasteiger partial charge on any atom is -0.494 e. The van der Waals surface area contributed by atoms with Gasteiger partial charge in [0.05, 0.1) is 5.71 Å². The molecule has 0 saturated carbocycles. The second-order valence-corrected chi connectivity index (χ2v) is 7.53. The van der Waals surface area contributed by atoms with Crippen LogP contribution >= 0.6 is 0 Å². The molecule has 1 aromatic heterocycles. The average molecular weight is 413 g/mol. The van der Waals surface area contributed by atoms with Crippen LogP contribution in [-0.2, 0) is 13.0 Å². The number of hydrogen-bond donors (Lipinski definition) is 2. The molecule has 1 aromatic carbocycles. The summed E-state index contributed by atoms with van der Waals surface area (Å²) in [7, 11) is 0. The number of aliphatic imine (C=N–C) groups is 1. The topological polar surface area (TPSA) is 87.4 Å². The van der Waals surface area contributed by atoms with E-state index in [1.165, 1.54) is 28.7 Å². The first-order valence-corrected chi connectivity index (χ1v) is 10.5.